The highest BCUT2D eigenvalue weighted by atomic mass is 16.2. The first kappa shape index (κ1) is 14.5. The van der Waals surface area contributed by atoms with Crippen molar-refractivity contribution in [3.8, 4) is 6.07 Å². The van der Waals surface area contributed by atoms with Crippen LogP contribution >= 0.6 is 0 Å². The third-order valence-electron chi connectivity index (χ3n) is 3.34. The van der Waals surface area contributed by atoms with E-state index in [4.69, 9.17) is 5.26 Å². The fraction of sp³-hybridized carbons (Fsp3) is 0.467. The molecule has 2 rings (SSSR count). The summed E-state index contributed by atoms with van der Waals surface area (Å²) in [5.41, 5.74) is 1.74. The van der Waals surface area contributed by atoms with Crippen LogP contribution in [0, 0.1) is 11.3 Å². The summed E-state index contributed by atoms with van der Waals surface area (Å²) in [5.74, 6) is 0.00660. The lowest BCUT2D eigenvalue weighted by molar-refractivity contribution is -0.117. The molecule has 1 amide bonds. The Morgan fingerprint density at radius 3 is 2.90 bits per heavy atom. The van der Waals surface area contributed by atoms with Crippen LogP contribution in [0.1, 0.15) is 12.5 Å². The molecular weight excluding hydrogens is 252 g/mol. The predicted molar refractivity (Wildman–Crippen MR) is 78.3 cm³/mol. The molecule has 0 radical (unpaired) electrons. The second kappa shape index (κ2) is 7.04. The average Bonchev–Trinajstić information content (AvgIpc) is 2.41. The summed E-state index contributed by atoms with van der Waals surface area (Å²) >= 11 is 0. The Hall–Kier alpha value is -1.90. The Kier molecular flexibility index (Phi) is 5.10. The highest BCUT2D eigenvalue weighted by Gasteiger charge is 2.17. The summed E-state index contributed by atoms with van der Waals surface area (Å²) in [5, 5.41) is 14.9. The second-order valence-electron chi connectivity index (χ2n) is 5.17. The number of carbonyl (C=O) groups is 1. The fourth-order valence-corrected chi connectivity index (χ4v) is 2.36. The van der Waals surface area contributed by atoms with E-state index in [2.05, 4.69) is 28.5 Å². The van der Waals surface area contributed by atoms with Crippen molar-refractivity contribution >= 4 is 11.6 Å². The molecule has 5 nitrogen and oxygen atoms in total. The zero-order chi connectivity index (χ0) is 14.4. The predicted octanol–water partition coefficient (Wildman–Crippen LogP) is 0.985. The third kappa shape index (κ3) is 4.34. The number of nitrogens with one attached hydrogen (secondary N) is 2. The number of nitrogens with zero attached hydrogens (tertiary/aromatic N) is 2. The van der Waals surface area contributed by atoms with Crippen LogP contribution in [0.3, 0.4) is 0 Å². The van der Waals surface area contributed by atoms with Gasteiger partial charge in [0.25, 0.3) is 0 Å². The van der Waals surface area contributed by atoms with Crippen molar-refractivity contribution < 1.29 is 4.79 Å². The summed E-state index contributed by atoms with van der Waals surface area (Å²) in [7, 11) is 0. The number of rotatable bonds is 4. The van der Waals surface area contributed by atoms with E-state index in [-0.39, 0.29) is 5.91 Å². The van der Waals surface area contributed by atoms with E-state index >= 15 is 0 Å². The number of nitriles is 1. The first-order valence-corrected chi connectivity index (χ1v) is 6.89. The first-order valence-electron chi connectivity index (χ1n) is 6.89. The minimum Gasteiger partial charge on any atom is -0.325 e. The zero-order valence-electron chi connectivity index (χ0n) is 11.7. The number of carbonyl (C=O) groups excluding carboxylic acids is 1. The van der Waals surface area contributed by atoms with Crippen LogP contribution in [-0.4, -0.2) is 43.0 Å². The molecule has 1 heterocycles. The summed E-state index contributed by atoms with van der Waals surface area (Å²) in [4.78, 5) is 14.1. The topological polar surface area (TPSA) is 68.2 Å². The highest BCUT2D eigenvalue weighted by Crippen LogP contribution is 2.10. The molecule has 1 atom stereocenters. The highest BCUT2D eigenvalue weighted by molar-refractivity contribution is 5.92. The van der Waals surface area contributed by atoms with Gasteiger partial charge in [-0.25, -0.2) is 0 Å². The van der Waals surface area contributed by atoms with Crippen molar-refractivity contribution in [2.45, 2.75) is 19.4 Å². The number of anilines is 1. The third-order valence-corrected chi connectivity index (χ3v) is 3.34. The molecule has 106 valence electrons. The molecule has 1 aromatic rings. The first-order chi connectivity index (χ1) is 9.67. The van der Waals surface area contributed by atoms with Crippen molar-refractivity contribution in [2.75, 3.05) is 31.5 Å². The summed E-state index contributed by atoms with van der Waals surface area (Å²) in [6, 6.07) is 9.94. The van der Waals surface area contributed by atoms with Crippen molar-refractivity contribution in [2.24, 2.45) is 0 Å². The molecule has 2 N–H and O–H groups in total. The SMILES string of the molecule is C[C@H]1CN(CC(=O)Nc2ccc(CC#N)cc2)CCN1. The molecule has 5 heteroatoms. The van der Waals surface area contributed by atoms with Crippen molar-refractivity contribution in [3.63, 3.8) is 0 Å². The van der Waals surface area contributed by atoms with Gasteiger partial charge in [0.15, 0.2) is 0 Å². The van der Waals surface area contributed by atoms with E-state index in [1.165, 1.54) is 0 Å². The maximum Gasteiger partial charge on any atom is 0.238 e. The van der Waals surface area contributed by atoms with Crippen LogP contribution in [0.4, 0.5) is 5.69 Å². The Morgan fingerprint density at radius 1 is 1.50 bits per heavy atom. The number of hydrogen-bond acceptors (Lipinski definition) is 4. The van der Waals surface area contributed by atoms with Crippen LogP contribution in [0.25, 0.3) is 0 Å². The Bertz CT molecular complexity index is 492. The number of amides is 1. The van der Waals surface area contributed by atoms with Gasteiger partial charge in [-0.05, 0) is 24.6 Å². The van der Waals surface area contributed by atoms with Crippen LogP contribution < -0.4 is 10.6 Å². The Balaban J connectivity index is 1.83. The van der Waals surface area contributed by atoms with E-state index in [1.54, 1.807) is 0 Å². The normalized spacial score (nSPS) is 19.3. The Labute approximate surface area is 119 Å². The van der Waals surface area contributed by atoms with Crippen LogP contribution in [0.15, 0.2) is 24.3 Å². The number of hydrogen-bond donors (Lipinski definition) is 2. The standard InChI is InChI=1S/C15H20N4O/c1-12-10-19(9-8-17-12)11-15(20)18-14-4-2-13(3-5-14)6-7-16/h2-5,12,17H,6,8-11H2,1H3,(H,18,20)/t12-/m0/s1. The molecule has 1 fully saturated rings. The van der Waals surface area contributed by atoms with Crippen LogP contribution in [-0.2, 0) is 11.2 Å². The molecule has 20 heavy (non-hydrogen) atoms. The smallest absolute Gasteiger partial charge is 0.238 e. The molecule has 1 aliphatic rings. The van der Waals surface area contributed by atoms with Crippen LogP contribution in [0.5, 0.6) is 0 Å². The molecule has 1 aromatic carbocycles. The zero-order valence-corrected chi connectivity index (χ0v) is 11.7. The molecule has 1 aliphatic heterocycles. The van der Waals surface area contributed by atoms with E-state index < -0.39 is 0 Å². The van der Waals surface area contributed by atoms with E-state index in [1.807, 2.05) is 24.3 Å². The monoisotopic (exact) mass is 272 g/mol. The van der Waals surface area contributed by atoms with Gasteiger partial charge >= 0.3 is 0 Å². The minimum absolute atomic E-state index is 0.00660. The van der Waals surface area contributed by atoms with E-state index in [0.29, 0.717) is 19.0 Å². The summed E-state index contributed by atoms with van der Waals surface area (Å²) in [6.07, 6.45) is 0.396. The molecular formula is C15H20N4O. The van der Waals surface area contributed by atoms with Gasteiger partial charge in [0.2, 0.25) is 5.91 Å². The Morgan fingerprint density at radius 2 is 2.25 bits per heavy atom. The van der Waals surface area contributed by atoms with Gasteiger partial charge < -0.3 is 10.6 Å². The molecule has 0 aromatic heterocycles. The van der Waals surface area contributed by atoms with Crippen LogP contribution in [0.2, 0.25) is 0 Å². The van der Waals surface area contributed by atoms with Gasteiger partial charge in [-0.2, -0.15) is 5.26 Å². The maximum atomic E-state index is 12.0. The van der Waals surface area contributed by atoms with Gasteiger partial charge in [0.05, 0.1) is 19.0 Å². The van der Waals surface area contributed by atoms with Gasteiger partial charge in [0, 0.05) is 31.4 Å². The van der Waals surface area contributed by atoms with Gasteiger partial charge in [-0.3, -0.25) is 9.69 Å². The lowest BCUT2D eigenvalue weighted by Gasteiger charge is -2.31. The lowest BCUT2D eigenvalue weighted by Crippen LogP contribution is -2.51. The van der Waals surface area contributed by atoms with Crippen molar-refractivity contribution in [3.05, 3.63) is 29.8 Å². The summed E-state index contributed by atoms with van der Waals surface area (Å²) < 4.78 is 0. The average molecular weight is 272 g/mol. The molecule has 0 aliphatic carbocycles. The largest absolute Gasteiger partial charge is 0.325 e. The van der Waals surface area contributed by atoms with Gasteiger partial charge in [-0.1, -0.05) is 12.1 Å². The lowest BCUT2D eigenvalue weighted by atomic mass is 10.1. The van der Waals surface area contributed by atoms with Gasteiger partial charge in [0.1, 0.15) is 0 Å². The quantitative estimate of drug-likeness (QED) is 0.857. The molecule has 0 spiro atoms. The molecule has 0 unspecified atom stereocenters. The minimum atomic E-state index is 0.00660. The second-order valence-corrected chi connectivity index (χ2v) is 5.17. The van der Waals surface area contributed by atoms with Gasteiger partial charge in [-0.15, -0.1) is 0 Å². The maximum absolute atomic E-state index is 12.0. The molecule has 0 bridgehead atoms. The molecule has 1 saturated heterocycles. The summed E-state index contributed by atoms with van der Waals surface area (Å²) in [6.45, 7) is 5.27. The van der Waals surface area contributed by atoms with Crippen molar-refractivity contribution in [1.29, 1.82) is 5.26 Å². The van der Waals surface area contributed by atoms with Crippen molar-refractivity contribution in [1.82, 2.24) is 10.2 Å². The molecule has 0 saturated carbocycles. The fourth-order valence-electron chi connectivity index (χ4n) is 2.36. The van der Waals surface area contributed by atoms with E-state index in [9.17, 15) is 4.79 Å². The van der Waals surface area contributed by atoms with E-state index in [0.717, 1.165) is 30.9 Å². The number of benzene rings is 1. The number of piperazine rings is 1.